The summed E-state index contributed by atoms with van der Waals surface area (Å²) in [4.78, 5) is 25.0. The van der Waals surface area contributed by atoms with E-state index in [2.05, 4.69) is 4.37 Å². The first-order valence-corrected chi connectivity index (χ1v) is 7.19. The van der Waals surface area contributed by atoms with Crippen LogP contribution in [0.5, 0.6) is 0 Å². The molecule has 6 nitrogen and oxygen atoms in total. The van der Waals surface area contributed by atoms with Crippen LogP contribution < -0.4 is 4.90 Å². The summed E-state index contributed by atoms with van der Waals surface area (Å²) in [5.41, 5.74) is 0.169. The number of carbonyl (C=O) groups is 2. The van der Waals surface area contributed by atoms with Crippen molar-refractivity contribution in [1.29, 1.82) is 0 Å². The number of carboxylic acids is 1. The first-order chi connectivity index (χ1) is 9.40. The molecule has 0 atom stereocenters. The van der Waals surface area contributed by atoms with Crippen molar-refractivity contribution in [2.24, 2.45) is 0 Å². The zero-order valence-electron chi connectivity index (χ0n) is 11.8. The summed E-state index contributed by atoms with van der Waals surface area (Å²) in [6, 6.07) is 0. The van der Waals surface area contributed by atoms with Gasteiger partial charge in [0.25, 0.3) is 0 Å². The van der Waals surface area contributed by atoms with Crippen molar-refractivity contribution >= 4 is 28.4 Å². The van der Waals surface area contributed by atoms with E-state index in [1.807, 2.05) is 0 Å². The minimum absolute atomic E-state index is 0.103. The Morgan fingerprint density at radius 3 is 2.60 bits per heavy atom. The van der Waals surface area contributed by atoms with Crippen molar-refractivity contribution in [2.45, 2.75) is 38.2 Å². The van der Waals surface area contributed by atoms with Crippen LogP contribution in [-0.4, -0.2) is 41.1 Å². The van der Waals surface area contributed by atoms with E-state index in [1.54, 1.807) is 21.1 Å². The lowest BCUT2D eigenvalue weighted by molar-refractivity contribution is -0.131. The Morgan fingerprint density at radius 1 is 1.50 bits per heavy atom. The smallest absolute Gasteiger partial charge is 0.340 e. The van der Waals surface area contributed by atoms with Crippen molar-refractivity contribution in [1.82, 2.24) is 4.37 Å². The number of nitrogens with zero attached hydrogens (tertiary/aromatic N) is 2. The topological polar surface area (TPSA) is 79.7 Å². The van der Waals surface area contributed by atoms with Crippen LogP contribution in [0.15, 0.2) is 0 Å². The van der Waals surface area contributed by atoms with Gasteiger partial charge >= 0.3 is 5.97 Å². The summed E-state index contributed by atoms with van der Waals surface area (Å²) in [5.74, 6) is -1.20. The zero-order chi connectivity index (χ0) is 14.9. The molecule has 1 heterocycles. The van der Waals surface area contributed by atoms with Gasteiger partial charge in [-0.3, -0.25) is 4.79 Å². The first kappa shape index (κ1) is 14.9. The SMILES string of the molecule is COC1(CC(=O)N(C)c2snc(C)c2C(=O)O)CCC1. The van der Waals surface area contributed by atoms with Gasteiger partial charge in [-0.05, 0) is 37.7 Å². The summed E-state index contributed by atoms with van der Waals surface area (Å²) < 4.78 is 9.47. The highest BCUT2D eigenvalue weighted by Gasteiger charge is 2.40. The van der Waals surface area contributed by atoms with E-state index in [-0.39, 0.29) is 23.5 Å². The highest BCUT2D eigenvalue weighted by Crippen LogP contribution is 2.39. The highest BCUT2D eigenvalue weighted by atomic mass is 32.1. The quantitative estimate of drug-likeness (QED) is 0.900. The monoisotopic (exact) mass is 298 g/mol. The lowest BCUT2D eigenvalue weighted by Crippen LogP contribution is -2.44. The van der Waals surface area contributed by atoms with Crippen LogP contribution in [0.25, 0.3) is 0 Å². The van der Waals surface area contributed by atoms with Gasteiger partial charge in [-0.25, -0.2) is 4.79 Å². The summed E-state index contributed by atoms with van der Waals surface area (Å²) in [6.45, 7) is 1.63. The third kappa shape index (κ3) is 2.55. The first-order valence-electron chi connectivity index (χ1n) is 6.41. The van der Waals surface area contributed by atoms with E-state index in [0.29, 0.717) is 10.7 Å². The van der Waals surface area contributed by atoms with Crippen molar-refractivity contribution < 1.29 is 19.4 Å². The number of ether oxygens (including phenoxy) is 1. The second-order valence-electron chi connectivity index (χ2n) is 5.12. The molecule has 2 rings (SSSR count). The van der Waals surface area contributed by atoms with Gasteiger partial charge in [0.1, 0.15) is 10.6 Å². The van der Waals surface area contributed by atoms with Crippen molar-refractivity contribution in [2.75, 3.05) is 19.1 Å². The Hall–Kier alpha value is -1.47. The third-order valence-corrected chi connectivity index (χ3v) is 4.92. The Kier molecular flexibility index (Phi) is 4.10. The number of anilines is 1. The second-order valence-corrected chi connectivity index (χ2v) is 5.88. The summed E-state index contributed by atoms with van der Waals surface area (Å²) in [6.07, 6.45) is 3.08. The van der Waals surface area contributed by atoms with Gasteiger partial charge in [-0.1, -0.05) is 0 Å². The zero-order valence-corrected chi connectivity index (χ0v) is 12.6. The Labute approximate surface area is 121 Å². The lowest BCUT2D eigenvalue weighted by atomic mass is 9.77. The molecule has 0 aromatic carbocycles. The van der Waals surface area contributed by atoms with E-state index in [4.69, 9.17) is 4.74 Å². The summed E-state index contributed by atoms with van der Waals surface area (Å²) >= 11 is 1.03. The van der Waals surface area contributed by atoms with Crippen LogP contribution in [-0.2, 0) is 9.53 Å². The van der Waals surface area contributed by atoms with Gasteiger partial charge in [0.15, 0.2) is 0 Å². The number of aryl methyl sites for hydroxylation is 1. The molecule has 0 unspecified atom stereocenters. The summed E-state index contributed by atoms with van der Waals surface area (Å²) in [7, 11) is 3.20. The fraction of sp³-hybridized carbons (Fsp3) is 0.615. The number of rotatable bonds is 5. The van der Waals surface area contributed by atoms with Gasteiger partial charge in [0.05, 0.1) is 17.7 Å². The van der Waals surface area contributed by atoms with E-state index in [0.717, 1.165) is 30.8 Å². The van der Waals surface area contributed by atoms with Crippen molar-refractivity contribution in [3.63, 3.8) is 0 Å². The van der Waals surface area contributed by atoms with Gasteiger partial charge in [0.2, 0.25) is 5.91 Å². The predicted octanol–water partition coefficient (Wildman–Crippen LogP) is 2.07. The molecule has 20 heavy (non-hydrogen) atoms. The Morgan fingerprint density at radius 2 is 2.15 bits per heavy atom. The number of hydrogen-bond acceptors (Lipinski definition) is 5. The molecule has 1 aliphatic carbocycles. The van der Waals surface area contributed by atoms with Gasteiger partial charge in [-0.15, -0.1) is 0 Å². The molecular weight excluding hydrogens is 280 g/mol. The Balaban J connectivity index is 2.17. The van der Waals surface area contributed by atoms with Gasteiger partial charge < -0.3 is 14.7 Å². The molecule has 0 radical (unpaired) electrons. The lowest BCUT2D eigenvalue weighted by Gasteiger charge is -2.40. The molecule has 0 aliphatic heterocycles. The van der Waals surface area contributed by atoms with Crippen molar-refractivity contribution in [3.8, 4) is 0 Å². The van der Waals surface area contributed by atoms with Crippen LogP contribution >= 0.6 is 11.5 Å². The van der Waals surface area contributed by atoms with E-state index >= 15 is 0 Å². The van der Waals surface area contributed by atoms with Gasteiger partial charge in [0, 0.05) is 14.2 Å². The van der Waals surface area contributed by atoms with Crippen LogP contribution in [0.1, 0.15) is 41.7 Å². The maximum atomic E-state index is 12.3. The number of aromatic nitrogens is 1. The van der Waals surface area contributed by atoms with E-state index < -0.39 is 5.97 Å². The second kappa shape index (κ2) is 5.49. The molecule has 0 spiro atoms. The highest BCUT2D eigenvalue weighted by molar-refractivity contribution is 7.11. The maximum absolute atomic E-state index is 12.3. The standard InChI is InChI=1S/C13H18N2O4S/c1-8-10(12(17)18)11(20-14-8)15(2)9(16)7-13(19-3)5-4-6-13/h4-7H2,1-3H3,(H,17,18). The molecule has 1 fully saturated rings. The van der Waals surface area contributed by atoms with Crippen LogP contribution in [0.2, 0.25) is 0 Å². The molecule has 1 aliphatic rings. The number of hydrogen-bond donors (Lipinski definition) is 1. The molecule has 1 amide bonds. The van der Waals surface area contributed by atoms with Crippen LogP contribution in [0.4, 0.5) is 5.00 Å². The summed E-state index contributed by atoms with van der Waals surface area (Å²) in [5, 5.41) is 9.59. The number of amides is 1. The molecule has 1 aromatic heterocycles. The molecular formula is C13H18N2O4S. The molecule has 1 saturated carbocycles. The minimum Gasteiger partial charge on any atom is -0.478 e. The Bertz CT molecular complexity index is 531. The number of carboxylic acid groups (broad SMARTS) is 1. The normalized spacial score (nSPS) is 16.6. The number of methoxy groups -OCH3 is 1. The molecule has 0 bridgehead atoms. The predicted molar refractivity (Wildman–Crippen MR) is 75.4 cm³/mol. The molecule has 0 saturated heterocycles. The van der Waals surface area contributed by atoms with Crippen LogP contribution in [0.3, 0.4) is 0 Å². The molecule has 1 N–H and O–H groups in total. The average Bonchev–Trinajstić information content (AvgIpc) is 2.74. The van der Waals surface area contributed by atoms with E-state index in [9.17, 15) is 14.7 Å². The van der Waals surface area contributed by atoms with Crippen molar-refractivity contribution in [3.05, 3.63) is 11.3 Å². The largest absolute Gasteiger partial charge is 0.478 e. The molecule has 1 aromatic rings. The minimum atomic E-state index is -1.06. The molecule has 110 valence electrons. The van der Waals surface area contributed by atoms with E-state index in [1.165, 1.54) is 4.90 Å². The van der Waals surface area contributed by atoms with Gasteiger partial charge in [-0.2, -0.15) is 4.37 Å². The number of carbonyl (C=O) groups excluding carboxylic acids is 1. The fourth-order valence-electron chi connectivity index (χ4n) is 2.36. The maximum Gasteiger partial charge on any atom is 0.340 e. The van der Waals surface area contributed by atoms with Crippen LogP contribution in [0, 0.1) is 6.92 Å². The average molecular weight is 298 g/mol. The number of aromatic carboxylic acids is 1. The molecule has 7 heteroatoms. The fourth-order valence-corrected chi connectivity index (χ4v) is 3.23. The third-order valence-electron chi connectivity index (χ3n) is 3.91.